The molecule has 3 aliphatic carbocycles. The van der Waals surface area contributed by atoms with E-state index in [2.05, 4.69) is 0 Å². The van der Waals surface area contributed by atoms with Crippen LogP contribution in [0.2, 0.25) is 0 Å². The molecular weight excluding hydrogens is 240 g/mol. The lowest BCUT2D eigenvalue weighted by Crippen LogP contribution is -2.78. The summed E-state index contributed by atoms with van der Waals surface area (Å²) in [4.78, 5) is 11.3. The number of hydrogen-bond donors (Lipinski definition) is 2. The van der Waals surface area contributed by atoms with E-state index in [1.807, 2.05) is 0 Å². The molecule has 0 radical (unpaired) electrons. The van der Waals surface area contributed by atoms with Gasteiger partial charge in [-0.25, -0.2) is 0 Å². The molecule has 0 aromatic carbocycles. The molecule has 0 aromatic heterocycles. The Labute approximate surface area is 104 Å². The van der Waals surface area contributed by atoms with Gasteiger partial charge in [0.25, 0.3) is 0 Å². The standard InChI is InChI=1S/C12H16O6/c1-6(14)16-11-4-9(2)12(15)3-7(11)10(12,5-13)8(17-9)18-11/h7-8,13,15H,3-5H2,1-2H3. The Hall–Kier alpha value is -0.690. The van der Waals surface area contributed by atoms with Crippen molar-refractivity contribution in [1.29, 1.82) is 0 Å². The third kappa shape index (κ3) is 0.758. The van der Waals surface area contributed by atoms with Crippen molar-refractivity contribution in [3.63, 3.8) is 0 Å². The van der Waals surface area contributed by atoms with Crippen LogP contribution in [0.1, 0.15) is 26.7 Å². The van der Waals surface area contributed by atoms with Crippen LogP contribution in [-0.4, -0.2) is 46.1 Å². The van der Waals surface area contributed by atoms with Gasteiger partial charge >= 0.3 is 5.97 Å². The number of aliphatic hydroxyl groups is 2. The van der Waals surface area contributed by atoms with Crippen LogP contribution in [-0.2, 0) is 19.0 Å². The molecular formula is C12H16O6. The van der Waals surface area contributed by atoms with Crippen molar-refractivity contribution in [2.75, 3.05) is 6.61 Å². The Morgan fingerprint density at radius 3 is 2.78 bits per heavy atom. The van der Waals surface area contributed by atoms with Crippen LogP contribution in [0.3, 0.4) is 0 Å². The molecule has 3 saturated heterocycles. The Morgan fingerprint density at radius 1 is 1.50 bits per heavy atom. The third-order valence-corrected chi connectivity index (χ3v) is 5.55. The van der Waals surface area contributed by atoms with E-state index in [0.29, 0.717) is 12.8 Å². The van der Waals surface area contributed by atoms with Crippen LogP contribution in [0.5, 0.6) is 0 Å². The summed E-state index contributed by atoms with van der Waals surface area (Å²) in [5.74, 6) is -1.63. The maximum absolute atomic E-state index is 11.3. The number of ether oxygens (including phenoxy) is 3. The molecule has 6 fully saturated rings. The molecule has 3 aliphatic heterocycles. The van der Waals surface area contributed by atoms with Crippen LogP contribution < -0.4 is 0 Å². The maximum atomic E-state index is 11.3. The quantitative estimate of drug-likeness (QED) is 0.649. The predicted octanol–water partition coefficient (Wildman–Crippen LogP) is -0.476. The van der Waals surface area contributed by atoms with E-state index in [9.17, 15) is 15.0 Å². The van der Waals surface area contributed by atoms with Crippen molar-refractivity contribution >= 4 is 5.97 Å². The van der Waals surface area contributed by atoms with Crippen LogP contribution >= 0.6 is 0 Å². The first-order valence-electron chi connectivity index (χ1n) is 6.22. The Morgan fingerprint density at radius 2 is 2.22 bits per heavy atom. The average Bonchev–Trinajstić information content (AvgIpc) is 2.42. The van der Waals surface area contributed by atoms with Crippen LogP contribution in [0.25, 0.3) is 0 Å². The summed E-state index contributed by atoms with van der Waals surface area (Å²) in [5, 5.41) is 20.5. The minimum absolute atomic E-state index is 0.190. The van der Waals surface area contributed by atoms with Crippen molar-refractivity contribution in [1.82, 2.24) is 0 Å². The molecule has 6 unspecified atom stereocenters. The monoisotopic (exact) mass is 256 g/mol. The van der Waals surface area contributed by atoms with Crippen molar-refractivity contribution in [3.05, 3.63) is 0 Å². The fourth-order valence-corrected chi connectivity index (χ4v) is 4.78. The summed E-state index contributed by atoms with van der Waals surface area (Å²) < 4.78 is 16.9. The highest BCUT2D eigenvalue weighted by Gasteiger charge is 2.94. The number of aliphatic hydroxyl groups excluding tert-OH is 1. The van der Waals surface area contributed by atoms with Gasteiger partial charge in [0.1, 0.15) is 11.2 Å². The van der Waals surface area contributed by atoms with E-state index in [1.54, 1.807) is 6.92 Å². The van der Waals surface area contributed by atoms with E-state index < -0.39 is 34.7 Å². The van der Waals surface area contributed by atoms with Gasteiger partial charge in [-0.05, 0) is 13.3 Å². The minimum atomic E-state index is -1.08. The highest BCUT2D eigenvalue weighted by molar-refractivity contribution is 5.67. The van der Waals surface area contributed by atoms with E-state index in [1.165, 1.54) is 6.92 Å². The summed E-state index contributed by atoms with van der Waals surface area (Å²) >= 11 is 0. The van der Waals surface area contributed by atoms with Gasteiger partial charge in [0.15, 0.2) is 6.29 Å². The number of rotatable bonds is 2. The summed E-state index contributed by atoms with van der Waals surface area (Å²) in [7, 11) is 0. The Balaban J connectivity index is 1.86. The van der Waals surface area contributed by atoms with Gasteiger partial charge in [0.05, 0.1) is 12.0 Å². The van der Waals surface area contributed by atoms with Gasteiger partial charge in [0, 0.05) is 19.3 Å². The topological polar surface area (TPSA) is 85.2 Å². The highest BCUT2D eigenvalue weighted by Crippen LogP contribution is 2.80. The first-order valence-corrected chi connectivity index (χ1v) is 6.22. The molecule has 6 aliphatic rings. The van der Waals surface area contributed by atoms with E-state index in [0.717, 1.165) is 0 Å². The molecule has 0 amide bonds. The fraction of sp³-hybridized carbons (Fsp3) is 0.917. The molecule has 6 rings (SSSR count). The average molecular weight is 256 g/mol. The molecule has 0 aromatic rings. The van der Waals surface area contributed by atoms with Crippen molar-refractivity contribution in [2.24, 2.45) is 11.3 Å². The lowest BCUT2D eigenvalue weighted by Gasteiger charge is -2.65. The maximum Gasteiger partial charge on any atom is 0.305 e. The summed E-state index contributed by atoms with van der Waals surface area (Å²) in [6.07, 6.45) is 0.0664. The van der Waals surface area contributed by atoms with Gasteiger partial charge in [-0.2, -0.15) is 0 Å². The van der Waals surface area contributed by atoms with Crippen LogP contribution in [0, 0.1) is 11.3 Å². The van der Waals surface area contributed by atoms with Crippen LogP contribution in [0.15, 0.2) is 0 Å². The molecule has 6 atom stereocenters. The molecule has 6 bridgehead atoms. The SMILES string of the molecule is CC(=O)OC12CC3(C)OC(O1)C1(CO)C2CC31O. The van der Waals surface area contributed by atoms with E-state index in [-0.39, 0.29) is 12.5 Å². The lowest BCUT2D eigenvalue weighted by molar-refractivity contribution is -0.385. The molecule has 100 valence electrons. The molecule has 6 nitrogen and oxygen atoms in total. The van der Waals surface area contributed by atoms with Gasteiger partial charge in [-0.15, -0.1) is 0 Å². The lowest BCUT2D eigenvalue weighted by atomic mass is 9.41. The summed E-state index contributed by atoms with van der Waals surface area (Å²) in [5.41, 5.74) is -2.73. The van der Waals surface area contributed by atoms with E-state index in [4.69, 9.17) is 14.2 Å². The van der Waals surface area contributed by atoms with Crippen LogP contribution in [0.4, 0.5) is 0 Å². The number of carbonyl (C=O) groups is 1. The first-order chi connectivity index (χ1) is 8.34. The zero-order chi connectivity index (χ0) is 13.0. The smallest absolute Gasteiger partial charge is 0.305 e. The normalized spacial score (nSPS) is 62.9. The van der Waals surface area contributed by atoms with E-state index >= 15 is 0 Å². The van der Waals surface area contributed by atoms with Crippen molar-refractivity contribution < 1.29 is 29.2 Å². The fourth-order valence-electron chi connectivity index (χ4n) is 4.78. The molecule has 0 spiro atoms. The summed E-state index contributed by atoms with van der Waals surface area (Å²) in [6, 6.07) is 0. The van der Waals surface area contributed by atoms with Crippen molar-refractivity contribution in [3.8, 4) is 0 Å². The molecule has 2 N–H and O–H groups in total. The highest BCUT2D eigenvalue weighted by atomic mass is 16.8. The largest absolute Gasteiger partial charge is 0.433 e. The zero-order valence-corrected chi connectivity index (χ0v) is 10.3. The molecule has 6 heteroatoms. The van der Waals surface area contributed by atoms with Gasteiger partial charge in [0.2, 0.25) is 5.79 Å². The Kier molecular flexibility index (Phi) is 1.62. The second-order valence-corrected chi connectivity index (χ2v) is 6.20. The zero-order valence-electron chi connectivity index (χ0n) is 10.3. The second-order valence-electron chi connectivity index (χ2n) is 6.20. The number of hydrogen-bond acceptors (Lipinski definition) is 6. The van der Waals surface area contributed by atoms with Gasteiger partial charge in [-0.3, -0.25) is 4.79 Å². The second kappa shape index (κ2) is 2.60. The Bertz CT molecular complexity index is 465. The van der Waals surface area contributed by atoms with Gasteiger partial charge in [-0.1, -0.05) is 0 Å². The van der Waals surface area contributed by atoms with Gasteiger partial charge < -0.3 is 24.4 Å². The molecule has 18 heavy (non-hydrogen) atoms. The third-order valence-electron chi connectivity index (χ3n) is 5.55. The predicted molar refractivity (Wildman–Crippen MR) is 56.1 cm³/mol. The molecule has 3 saturated carbocycles. The summed E-state index contributed by atoms with van der Waals surface area (Å²) in [6.45, 7) is 2.91. The number of esters is 1. The molecule has 3 heterocycles. The number of carbonyl (C=O) groups excluding carboxylic acids is 1. The first kappa shape index (κ1) is 11.2. The van der Waals surface area contributed by atoms with Crippen molar-refractivity contribution in [2.45, 2.75) is 50.0 Å². The minimum Gasteiger partial charge on any atom is -0.433 e.